The Morgan fingerprint density at radius 2 is 1.44 bits per heavy atom. The van der Waals surface area contributed by atoms with Crippen LogP contribution in [0.4, 0.5) is 11.4 Å². The minimum atomic E-state index is -0.313. The molecular formula is C30H23N7O2. The minimum absolute atomic E-state index is 0.254. The second-order valence-electron chi connectivity index (χ2n) is 8.97. The van der Waals surface area contributed by atoms with Gasteiger partial charge in [0, 0.05) is 40.5 Å². The first-order valence-electron chi connectivity index (χ1n) is 12.3. The molecule has 6 aromatic rings. The molecule has 39 heavy (non-hydrogen) atoms. The molecule has 0 radical (unpaired) electrons. The maximum absolute atomic E-state index is 13.7. The number of nitrogens with zero attached hydrogens (tertiary/aromatic N) is 4. The third-order valence-electron chi connectivity index (χ3n) is 6.49. The molecule has 0 saturated heterocycles. The van der Waals surface area contributed by atoms with E-state index in [0.29, 0.717) is 33.9 Å². The van der Waals surface area contributed by atoms with Gasteiger partial charge in [0.15, 0.2) is 0 Å². The number of fused-ring (bicyclic) bond motifs is 1. The third-order valence-corrected chi connectivity index (χ3v) is 6.49. The standard InChI is InChI=1S/C30H23N7O2/c1-37-25-16-6-5-15-24(25)26(27(37)19-9-3-2-4-10-19)30(39)32-23-14-8-12-21(18-23)29(38)31-22-13-7-11-20(17-22)28-33-35-36-34-28/h2-18H,1H3,(H,31,38)(H,32,39)(H,33,34,35,36). The molecule has 0 spiro atoms. The molecule has 6 rings (SSSR count). The quantitative estimate of drug-likeness (QED) is 0.271. The Hall–Kier alpha value is -5.57. The van der Waals surface area contributed by atoms with Crippen molar-refractivity contribution in [3.05, 3.63) is 114 Å². The third kappa shape index (κ3) is 4.64. The first-order chi connectivity index (χ1) is 19.1. The molecule has 9 nitrogen and oxygen atoms in total. The van der Waals surface area contributed by atoms with E-state index in [0.717, 1.165) is 22.2 Å². The molecule has 2 amide bonds. The summed E-state index contributed by atoms with van der Waals surface area (Å²) in [5, 5.41) is 20.7. The van der Waals surface area contributed by atoms with Crippen LogP contribution in [-0.2, 0) is 7.05 Å². The molecule has 0 unspecified atom stereocenters. The number of rotatable bonds is 6. The van der Waals surface area contributed by atoms with Crippen molar-refractivity contribution >= 4 is 34.1 Å². The first-order valence-corrected chi connectivity index (χ1v) is 12.3. The number of nitrogens with one attached hydrogen (secondary N) is 3. The molecule has 3 N–H and O–H groups in total. The SMILES string of the molecule is Cn1c(-c2ccccc2)c(C(=O)Nc2cccc(C(=O)Nc3cccc(-c4nn[nH]n4)c3)c2)c2ccccc21. The van der Waals surface area contributed by atoms with Crippen LogP contribution in [0.15, 0.2) is 103 Å². The fraction of sp³-hybridized carbons (Fsp3) is 0.0333. The minimum Gasteiger partial charge on any atom is -0.343 e. The highest BCUT2D eigenvalue weighted by Gasteiger charge is 2.22. The number of aromatic amines is 1. The van der Waals surface area contributed by atoms with Crippen molar-refractivity contribution in [3.8, 4) is 22.6 Å². The maximum atomic E-state index is 13.7. The molecule has 0 aliphatic carbocycles. The summed E-state index contributed by atoms with van der Waals surface area (Å²) in [6.45, 7) is 0. The number of aryl methyl sites for hydroxylation is 1. The lowest BCUT2D eigenvalue weighted by Crippen LogP contribution is -2.15. The molecule has 0 saturated carbocycles. The first kappa shape index (κ1) is 23.8. The molecule has 2 aromatic heterocycles. The van der Waals surface area contributed by atoms with Gasteiger partial charge >= 0.3 is 0 Å². The van der Waals surface area contributed by atoms with E-state index in [9.17, 15) is 9.59 Å². The van der Waals surface area contributed by atoms with E-state index in [1.54, 1.807) is 42.5 Å². The van der Waals surface area contributed by atoms with Crippen LogP contribution in [0.2, 0.25) is 0 Å². The zero-order valence-corrected chi connectivity index (χ0v) is 20.9. The summed E-state index contributed by atoms with van der Waals surface area (Å²) < 4.78 is 2.03. The number of tetrazole rings is 1. The van der Waals surface area contributed by atoms with Gasteiger partial charge in [-0.1, -0.05) is 66.7 Å². The van der Waals surface area contributed by atoms with Gasteiger partial charge in [-0.2, -0.15) is 5.21 Å². The van der Waals surface area contributed by atoms with Crippen LogP contribution in [0.25, 0.3) is 33.5 Å². The molecule has 4 aromatic carbocycles. The summed E-state index contributed by atoms with van der Waals surface area (Å²) in [6.07, 6.45) is 0. The van der Waals surface area contributed by atoms with Crippen molar-refractivity contribution in [2.45, 2.75) is 0 Å². The van der Waals surface area contributed by atoms with Crippen LogP contribution in [0, 0.1) is 0 Å². The number of amides is 2. The Morgan fingerprint density at radius 3 is 2.23 bits per heavy atom. The Balaban J connectivity index is 1.27. The van der Waals surface area contributed by atoms with Crippen LogP contribution in [0.3, 0.4) is 0 Å². The van der Waals surface area contributed by atoms with Crippen LogP contribution < -0.4 is 10.6 Å². The lowest BCUT2D eigenvalue weighted by atomic mass is 10.0. The van der Waals surface area contributed by atoms with E-state index in [2.05, 4.69) is 31.3 Å². The van der Waals surface area contributed by atoms with Crippen molar-refractivity contribution in [1.29, 1.82) is 0 Å². The summed E-state index contributed by atoms with van der Waals surface area (Å²) in [5.74, 6) is -0.137. The van der Waals surface area contributed by atoms with E-state index in [1.807, 2.05) is 72.3 Å². The highest BCUT2D eigenvalue weighted by Crippen LogP contribution is 2.33. The summed E-state index contributed by atoms with van der Waals surface area (Å²) in [5.41, 5.74) is 5.51. The monoisotopic (exact) mass is 513 g/mol. The maximum Gasteiger partial charge on any atom is 0.258 e. The Kier molecular flexibility index (Phi) is 6.14. The van der Waals surface area contributed by atoms with Gasteiger partial charge in [-0.15, -0.1) is 10.2 Å². The van der Waals surface area contributed by atoms with Gasteiger partial charge in [0.1, 0.15) is 0 Å². The molecule has 0 fully saturated rings. The van der Waals surface area contributed by atoms with Gasteiger partial charge in [-0.05, 0) is 47.2 Å². The summed E-state index contributed by atoms with van der Waals surface area (Å²) in [7, 11) is 1.96. The van der Waals surface area contributed by atoms with Crippen molar-refractivity contribution in [2.75, 3.05) is 10.6 Å². The van der Waals surface area contributed by atoms with Gasteiger partial charge in [0.25, 0.3) is 11.8 Å². The van der Waals surface area contributed by atoms with Crippen molar-refractivity contribution in [2.24, 2.45) is 7.05 Å². The lowest BCUT2D eigenvalue weighted by Gasteiger charge is -2.11. The van der Waals surface area contributed by atoms with E-state index in [4.69, 9.17) is 0 Å². The number of carbonyl (C=O) groups excluding carboxylic acids is 2. The Morgan fingerprint density at radius 1 is 0.744 bits per heavy atom. The van der Waals surface area contributed by atoms with E-state index in [1.165, 1.54) is 0 Å². The molecule has 0 bridgehead atoms. The fourth-order valence-electron chi connectivity index (χ4n) is 4.71. The zero-order chi connectivity index (χ0) is 26.8. The van der Waals surface area contributed by atoms with Crippen molar-refractivity contribution < 1.29 is 9.59 Å². The number of aromatic nitrogens is 5. The number of hydrogen-bond donors (Lipinski definition) is 3. The number of hydrogen-bond acceptors (Lipinski definition) is 5. The molecule has 9 heteroatoms. The molecule has 190 valence electrons. The van der Waals surface area contributed by atoms with Crippen LogP contribution in [0.5, 0.6) is 0 Å². The van der Waals surface area contributed by atoms with Crippen molar-refractivity contribution in [1.82, 2.24) is 25.2 Å². The highest BCUT2D eigenvalue weighted by atomic mass is 16.2. The van der Waals surface area contributed by atoms with Gasteiger partial charge in [0.2, 0.25) is 5.82 Å². The second-order valence-corrected chi connectivity index (χ2v) is 8.97. The zero-order valence-electron chi connectivity index (χ0n) is 20.9. The summed E-state index contributed by atoms with van der Waals surface area (Å²) >= 11 is 0. The predicted molar refractivity (Wildman–Crippen MR) is 150 cm³/mol. The Labute approximate surface area is 223 Å². The van der Waals surface area contributed by atoms with Gasteiger partial charge in [-0.25, -0.2) is 0 Å². The van der Waals surface area contributed by atoms with Crippen LogP contribution in [-0.4, -0.2) is 37.0 Å². The highest BCUT2D eigenvalue weighted by molar-refractivity contribution is 6.18. The molecule has 0 aliphatic heterocycles. The van der Waals surface area contributed by atoms with Crippen LogP contribution in [0.1, 0.15) is 20.7 Å². The van der Waals surface area contributed by atoms with Gasteiger partial charge in [0.05, 0.1) is 11.3 Å². The number of carbonyl (C=O) groups is 2. The average molecular weight is 514 g/mol. The molecular weight excluding hydrogens is 490 g/mol. The summed E-state index contributed by atoms with van der Waals surface area (Å²) in [4.78, 5) is 26.8. The van der Waals surface area contributed by atoms with Crippen LogP contribution >= 0.6 is 0 Å². The van der Waals surface area contributed by atoms with Crippen molar-refractivity contribution in [3.63, 3.8) is 0 Å². The number of benzene rings is 4. The van der Waals surface area contributed by atoms with E-state index >= 15 is 0 Å². The summed E-state index contributed by atoms with van der Waals surface area (Å²) in [6, 6.07) is 31.7. The van der Waals surface area contributed by atoms with E-state index in [-0.39, 0.29) is 11.8 Å². The van der Waals surface area contributed by atoms with Gasteiger partial charge in [-0.3, -0.25) is 9.59 Å². The smallest absolute Gasteiger partial charge is 0.258 e. The molecule has 2 heterocycles. The molecule has 0 aliphatic rings. The normalized spacial score (nSPS) is 10.9. The predicted octanol–water partition coefficient (Wildman–Crippen LogP) is 5.53. The lowest BCUT2D eigenvalue weighted by molar-refractivity contribution is 0.101. The largest absolute Gasteiger partial charge is 0.343 e. The fourth-order valence-corrected chi connectivity index (χ4v) is 4.71. The number of H-pyrrole nitrogens is 1. The Bertz CT molecular complexity index is 1810. The number of anilines is 2. The van der Waals surface area contributed by atoms with Gasteiger partial charge < -0.3 is 15.2 Å². The average Bonchev–Trinajstić information content (AvgIpc) is 3.61. The topological polar surface area (TPSA) is 118 Å². The van der Waals surface area contributed by atoms with E-state index < -0.39 is 0 Å². The number of para-hydroxylation sites is 1. The molecule has 0 atom stereocenters. The second kappa shape index (κ2) is 10.1.